The number of likely N-dealkylation sites (N-methyl/N-ethyl adjacent to an activating group) is 2. The van der Waals surface area contributed by atoms with Crippen molar-refractivity contribution in [3.05, 3.63) is 0 Å². The molecule has 0 aliphatic carbocycles. The fourth-order valence-corrected chi connectivity index (χ4v) is 1.78. The highest BCUT2D eigenvalue weighted by molar-refractivity contribution is 5.75. The molecule has 0 aromatic carbocycles. The van der Waals surface area contributed by atoms with E-state index in [2.05, 4.69) is 42.3 Å². The van der Waals surface area contributed by atoms with Crippen LogP contribution in [0.2, 0.25) is 0 Å². The van der Waals surface area contributed by atoms with Crippen LogP contribution >= 0.6 is 0 Å². The van der Waals surface area contributed by atoms with E-state index in [1.807, 2.05) is 0 Å². The van der Waals surface area contributed by atoms with E-state index in [4.69, 9.17) is 0 Å². The van der Waals surface area contributed by atoms with Gasteiger partial charge in [-0.2, -0.15) is 0 Å². The van der Waals surface area contributed by atoms with Crippen LogP contribution in [0.15, 0.2) is 0 Å². The number of hydrogen-bond donors (Lipinski definition) is 0. The van der Waals surface area contributed by atoms with Crippen molar-refractivity contribution in [1.29, 1.82) is 0 Å². The van der Waals surface area contributed by atoms with Gasteiger partial charge in [-0.05, 0) is 13.8 Å². The zero-order valence-corrected chi connectivity index (χ0v) is 9.80. The maximum atomic E-state index is 2.40. The molecule has 3 nitrogen and oxygen atoms in total. The Bertz CT molecular complexity index is 187. The predicted octanol–water partition coefficient (Wildman–Crippen LogP) is -2.72. The van der Waals surface area contributed by atoms with E-state index in [9.17, 15) is 0 Å². The van der Waals surface area contributed by atoms with E-state index < -0.39 is 0 Å². The number of guanidine groups is 1. The van der Waals surface area contributed by atoms with E-state index >= 15 is 0 Å². The molecule has 0 N–H and O–H groups in total. The van der Waals surface area contributed by atoms with Gasteiger partial charge in [-0.15, -0.1) is 0 Å². The van der Waals surface area contributed by atoms with Gasteiger partial charge >= 0.3 is 5.96 Å². The highest BCUT2D eigenvalue weighted by Crippen LogP contribution is 2.02. The highest BCUT2D eigenvalue weighted by Gasteiger charge is 2.28. The average Bonchev–Trinajstić information content (AvgIpc) is 2.38. The summed E-state index contributed by atoms with van der Waals surface area (Å²) in [6.07, 6.45) is 0. The molecule has 0 saturated carbocycles. The molecule has 0 amide bonds. The highest BCUT2D eigenvalue weighted by atomic mass is 35.5. The third-order valence-corrected chi connectivity index (χ3v) is 2.50. The summed E-state index contributed by atoms with van der Waals surface area (Å²) in [5, 5.41) is 0. The number of hydrogen-bond acceptors (Lipinski definition) is 2. The maximum absolute atomic E-state index is 2.40. The number of nitrogens with zero attached hydrogens (tertiary/aromatic N) is 3. The predicted molar refractivity (Wildman–Crippen MR) is 51.6 cm³/mol. The van der Waals surface area contributed by atoms with Crippen molar-refractivity contribution in [3.8, 4) is 0 Å². The number of rotatable bonds is 2. The molecule has 1 heterocycles. The lowest BCUT2D eigenvalue weighted by Crippen LogP contribution is -3.00. The average molecular weight is 206 g/mol. The molecular weight excluding hydrogens is 186 g/mol. The van der Waals surface area contributed by atoms with Crippen molar-refractivity contribution >= 4 is 5.96 Å². The van der Waals surface area contributed by atoms with E-state index in [0.717, 1.165) is 26.2 Å². The molecule has 0 bridgehead atoms. The molecule has 0 aromatic heterocycles. The van der Waals surface area contributed by atoms with E-state index in [-0.39, 0.29) is 12.4 Å². The molecular formula is C9H20ClN3. The first kappa shape index (κ1) is 12.6. The Morgan fingerprint density at radius 2 is 1.92 bits per heavy atom. The van der Waals surface area contributed by atoms with Gasteiger partial charge in [0.2, 0.25) is 0 Å². The van der Waals surface area contributed by atoms with Gasteiger partial charge in [-0.3, -0.25) is 14.4 Å². The van der Waals surface area contributed by atoms with Crippen LogP contribution in [0.4, 0.5) is 0 Å². The van der Waals surface area contributed by atoms with Crippen LogP contribution in [0.25, 0.3) is 0 Å². The first-order chi connectivity index (χ1) is 5.70. The van der Waals surface area contributed by atoms with Crippen molar-refractivity contribution in [1.82, 2.24) is 9.80 Å². The Hall–Kier alpha value is -0.440. The van der Waals surface area contributed by atoms with Crippen molar-refractivity contribution in [2.24, 2.45) is 0 Å². The van der Waals surface area contributed by atoms with Gasteiger partial charge in [-0.25, -0.2) is 0 Å². The third-order valence-electron chi connectivity index (χ3n) is 2.50. The Morgan fingerprint density at radius 3 is 2.23 bits per heavy atom. The number of halogens is 1. The van der Waals surface area contributed by atoms with Crippen LogP contribution in [-0.4, -0.2) is 60.6 Å². The van der Waals surface area contributed by atoms with Gasteiger partial charge in [-0.1, -0.05) is 0 Å². The molecule has 4 heteroatoms. The van der Waals surface area contributed by atoms with Gasteiger partial charge < -0.3 is 12.4 Å². The Kier molecular flexibility index (Phi) is 5.14. The van der Waals surface area contributed by atoms with Crippen LogP contribution in [0.3, 0.4) is 0 Å². The minimum atomic E-state index is 0. The second-order valence-electron chi connectivity index (χ2n) is 3.32. The van der Waals surface area contributed by atoms with Crippen molar-refractivity contribution in [2.45, 2.75) is 13.8 Å². The minimum Gasteiger partial charge on any atom is -1.00 e. The summed E-state index contributed by atoms with van der Waals surface area (Å²) < 4.78 is 2.33. The summed E-state index contributed by atoms with van der Waals surface area (Å²) in [5.74, 6) is 1.38. The smallest absolute Gasteiger partial charge is 0.350 e. The molecule has 0 unspecified atom stereocenters. The Balaban J connectivity index is 0.00000144. The van der Waals surface area contributed by atoms with Crippen LogP contribution < -0.4 is 12.4 Å². The summed E-state index contributed by atoms with van der Waals surface area (Å²) in [5.41, 5.74) is 0. The second kappa shape index (κ2) is 5.32. The lowest BCUT2D eigenvalue weighted by molar-refractivity contribution is -0.491. The minimum absolute atomic E-state index is 0. The lowest BCUT2D eigenvalue weighted by atomic mass is 10.5. The molecule has 0 fully saturated rings. The van der Waals surface area contributed by atoms with Gasteiger partial charge in [0, 0.05) is 0 Å². The molecule has 13 heavy (non-hydrogen) atoms. The molecule has 0 aromatic rings. The largest absolute Gasteiger partial charge is 1.00 e. The normalized spacial score (nSPS) is 16.2. The molecule has 0 spiro atoms. The van der Waals surface area contributed by atoms with Gasteiger partial charge in [0.15, 0.2) is 0 Å². The SMILES string of the molecule is CCN(CC)C1=[N+](C)CCN1C.[Cl-]. The van der Waals surface area contributed by atoms with Crippen LogP contribution in [-0.2, 0) is 0 Å². The monoisotopic (exact) mass is 205 g/mol. The van der Waals surface area contributed by atoms with E-state index in [0.29, 0.717) is 0 Å². The molecule has 0 atom stereocenters. The van der Waals surface area contributed by atoms with Crippen LogP contribution in [0.1, 0.15) is 13.8 Å². The molecule has 0 radical (unpaired) electrons. The summed E-state index contributed by atoms with van der Waals surface area (Å²) in [6, 6.07) is 0. The van der Waals surface area contributed by atoms with Crippen molar-refractivity contribution in [2.75, 3.05) is 40.3 Å². The summed E-state index contributed by atoms with van der Waals surface area (Å²) >= 11 is 0. The first-order valence-electron chi connectivity index (χ1n) is 4.74. The quantitative estimate of drug-likeness (QED) is 0.454. The van der Waals surface area contributed by atoms with Crippen LogP contribution in [0.5, 0.6) is 0 Å². The van der Waals surface area contributed by atoms with Crippen LogP contribution in [0, 0.1) is 0 Å². The molecule has 78 valence electrons. The zero-order chi connectivity index (χ0) is 9.14. The standard InChI is InChI=1S/C9H20N3.ClH/c1-5-12(6-2)9-10(3)7-8-11(9)4;/h5-8H2,1-4H3;1H/q+1;/p-1. The first-order valence-corrected chi connectivity index (χ1v) is 4.74. The van der Waals surface area contributed by atoms with Crippen molar-refractivity contribution in [3.63, 3.8) is 0 Å². The summed E-state index contributed by atoms with van der Waals surface area (Å²) in [4.78, 5) is 4.72. The Labute approximate surface area is 87.4 Å². The third kappa shape index (κ3) is 2.50. The molecule has 1 aliphatic heterocycles. The van der Waals surface area contributed by atoms with Crippen molar-refractivity contribution < 1.29 is 17.0 Å². The summed E-state index contributed by atoms with van der Waals surface area (Å²) in [6.45, 7) is 8.92. The van der Waals surface area contributed by atoms with E-state index in [1.165, 1.54) is 5.96 Å². The fourth-order valence-electron chi connectivity index (χ4n) is 1.78. The zero-order valence-electron chi connectivity index (χ0n) is 9.05. The Morgan fingerprint density at radius 1 is 1.38 bits per heavy atom. The molecule has 1 rings (SSSR count). The topological polar surface area (TPSA) is 9.49 Å². The molecule has 1 aliphatic rings. The molecule has 0 saturated heterocycles. The summed E-state index contributed by atoms with van der Waals surface area (Å²) in [7, 11) is 4.33. The van der Waals surface area contributed by atoms with Gasteiger partial charge in [0.1, 0.15) is 0 Å². The second-order valence-corrected chi connectivity index (χ2v) is 3.32. The maximum Gasteiger partial charge on any atom is 0.350 e. The van der Waals surface area contributed by atoms with E-state index in [1.54, 1.807) is 0 Å². The lowest BCUT2D eigenvalue weighted by Gasteiger charge is -2.19. The fraction of sp³-hybridized carbons (Fsp3) is 0.889. The van der Waals surface area contributed by atoms with Gasteiger partial charge in [0.05, 0.1) is 40.3 Å². The van der Waals surface area contributed by atoms with Gasteiger partial charge in [0.25, 0.3) is 0 Å².